The van der Waals surface area contributed by atoms with E-state index in [4.69, 9.17) is 5.11 Å². The molecule has 1 aliphatic rings. The van der Waals surface area contributed by atoms with E-state index in [1.807, 2.05) is 10.9 Å². The topological polar surface area (TPSA) is 74.5 Å². The molecule has 0 atom stereocenters. The summed E-state index contributed by atoms with van der Waals surface area (Å²) in [5.41, 5.74) is 0.957. The van der Waals surface area contributed by atoms with Crippen LogP contribution in [0.1, 0.15) is 25.0 Å². The van der Waals surface area contributed by atoms with Gasteiger partial charge in [0.2, 0.25) is 0 Å². The highest BCUT2D eigenvalue weighted by molar-refractivity contribution is 5.66. The molecule has 1 aliphatic heterocycles. The predicted octanol–water partition coefficient (Wildman–Crippen LogP) is 0.323. The number of carboxylic acid groups (broad SMARTS) is 1. The predicted molar refractivity (Wildman–Crippen MR) is 79.1 cm³/mol. The average molecular weight is 295 g/mol. The minimum absolute atomic E-state index is 0.234. The molecule has 7 heteroatoms. The van der Waals surface area contributed by atoms with Gasteiger partial charge >= 0.3 is 5.97 Å². The lowest BCUT2D eigenvalue weighted by Crippen LogP contribution is -2.45. The number of aliphatic carboxylic acids is 1. The lowest BCUT2D eigenvalue weighted by atomic mass is 10.1. The van der Waals surface area contributed by atoms with E-state index in [1.165, 1.54) is 0 Å². The Morgan fingerprint density at radius 2 is 2.00 bits per heavy atom. The molecule has 1 saturated heterocycles. The van der Waals surface area contributed by atoms with Crippen LogP contribution in [0.2, 0.25) is 0 Å². The molecule has 0 saturated carbocycles. The third kappa shape index (κ3) is 5.81. The molecule has 0 unspecified atom stereocenters. The summed E-state index contributed by atoms with van der Waals surface area (Å²) in [5, 5.41) is 16.9. The average Bonchev–Trinajstić information content (AvgIpc) is 2.91. The summed E-state index contributed by atoms with van der Waals surface area (Å²) in [6, 6.07) is 0. The van der Waals surface area contributed by atoms with Gasteiger partial charge in [0.05, 0.1) is 12.2 Å². The van der Waals surface area contributed by atoms with Gasteiger partial charge in [-0.2, -0.15) is 0 Å². The molecule has 0 aromatic carbocycles. The molecule has 0 aliphatic carbocycles. The molecule has 0 radical (unpaired) electrons. The highest BCUT2D eigenvalue weighted by Gasteiger charge is 2.13. The van der Waals surface area contributed by atoms with Gasteiger partial charge in [-0.1, -0.05) is 5.21 Å². The van der Waals surface area contributed by atoms with E-state index in [-0.39, 0.29) is 6.42 Å². The molecule has 1 aromatic heterocycles. The number of aryl methyl sites for hydroxylation is 1. The lowest BCUT2D eigenvalue weighted by Gasteiger charge is -2.32. The molecular weight excluding hydrogens is 270 g/mol. The van der Waals surface area contributed by atoms with Crippen LogP contribution in [0.25, 0.3) is 0 Å². The van der Waals surface area contributed by atoms with Crippen LogP contribution in [0.15, 0.2) is 6.20 Å². The number of piperazine rings is 1. The van der Waals surface area contributed by atoms with Crippen molar-refractivity contribution < 1.29 is 9.90 Å². The maximum absolute atomic E-state index is 10.4. The molecule has 1 N–H and O–H groups in total. The van der Waals surface area contributed by atoms with Crippen LogP contribution in [-0.4, -0.2) is 75.6 Å². The highest BCUT2D eigenvalue weighted by atomic mass is 16.4. The fourth-order valence-electron chi connectivity index (χ4n) is 2.46. The molecule has 0 spiro atoms. The standard InChI is InChI=1S/C14H25N5O2/c1-17-6-8-18(9-7-17)10-11-19-12-13(15-16-19)4-2-3-5-14(20)21/h12H,2-11H2,1H3,(H,20,21). The number of aromatic nitrogens is 3. The Morgan fingerprint density at radius 3 is 2.71 bits per heavy atom. The summed E-state index contributed by atoms with van der Waals surface area (Å²) in [7, 11) is 2.16. The van der Waals surface area contributed by atoms with Gasteiger partial charge < -0.3 is 10.0 Å². The van der Waals surface area contributed by atoms with Crippen molar-refractivity contribution in [2.24, 2.45) is 0 Å². The first kappa shape index (κ1) is 15.9. The van der Waals surface area contributed by atoms with Crippen LogP contribution in [0.4, 0.5) is 0 Å². The number of hydrogen-bond acceptors (Lipinski definition) is 5. The van der Waals surface area contributed by atoms with Crippen LogP contribution in [0.3, 0.4) is 0 Å². The normalized spacial score (nSPS) is 17.2. The fourth-order valence-corrected chi connectivity index (χ4v) is 2.46. The van der Waals surface area contributed by atoms with Crippen LogP contribution < -0.4 is 0 Å². The maximum Gasteiger partial charge on any atom is 0.303 e. The van der Waals surface area contributed by atoms with Crippen molar-refractivity contribution in [3.05, 3.63) is 11.9 Å². The van der Waals surface area contributed by atoms with Gasteiger partial charge in [0.15, 0.2) is 0 Å². The van der Waals surface area contributed by atoms with Gasteiger partial charge in [-0.3, -0.25) is 14.4 Å². The van der Waals surface area contributed by atoms with Gasteiger partial charge in [-0.05, 0) is 26.3 Å². The smallest absolute Gasteiger partial charge is 0.303 e. The largest absolute Gasteiger partial charge is 0.481 e. The molecule has 0 amide bonds. The number of carboxylic acids is 1. The van der Waals surface area contributed by atoms with E-state index in [2.05, 4.69) is 27.2 Å². The zero-order valence-electron chi connectivity index (χ0n) is 12.7. The number of nitrogens with zero attached hydrogens (tertiary/aromatic N) is 5. The van der Waals surface area contributed by atoms with Crippen molar-refractivity contribution in [1.29, 1.82) is 0 Å². The quantitative estimate of drug-likeness (QED) is 0.696. The van der Waals surface area contributed by atoms with Gasteiger partial charge in [-0.25, -0.2) is 0 Å². The van der Waals surface area contributed by atoms with Crippen LogP contribution in [0, 0.1) is 0 Å². The molecule has 7 nitrogen and oxygen atoms in total. The van der Waals surface area contributed by atoms with E-state index >= 15 is 0 Å². The van der Waals surface area contributed by atoms with Crippen molar-refractivity contribution in [2.75, 3.05) is 39.8 Å². The zero-order chi connectivity index (χ0) is 15.1. The van der Waals surface area contributed by atoms with Gasteiger partial charge in [-0.15, -0.1) is 5.10 Å². The maximum atomic E-state index is 10.4. The molecule has 21 heavy (non-hydrogen) atoms. The van der Waals surface area contributed by atoms with E-state index in [0.717, 1.165) is 57.8 Å². The minimum Gasteiger partial charge on any atom is -0.481 e. The second kappa shape index (κ2) is 8.09. The first-order valence-electron chi connectivity index (χ1n) is 7.65. The van der Waals surface area contributed by atoms with Crippen molar-refractivity contribution in [1.82, 2.24) is 24.8 Å². The molecule has 2 rings (SSSR count). The Balaban J connectivity index is 1.64. The fraction of sp³-hybridized carbons (Fsp3) is 0.786. The number of unbranched alkanes of at least 4 members (excludes halogenated alkanes) is 1. The van der Waals surface area contributed by atoms with E-state index in [9.17, 15) is 4.79 Å². The molecule has 1 aromatic rings. The summed E-state index contributed by atoms with van der Waals surface area (Å²) in [4.78, 5) is 15.2. The lowest BCUT2D eigenvalue weighted by molar-refractivity contribution is -0.137. The number of hydrogen-bond donors (Lipinski definition) is 1. The van der Waals surface area contributed by atoms with Crippen molar-refractivity contribution in [2.45, 2.75) is 32.2 Å². The monoisotopic (exact) mass is 295 g/mol. The van der Waals surface area contributed by atoms with Gasteiger partial charge in [0, 0.05) is 45.3 Å². The Labute approximate surface area is 125 Å². The van der Waals surface area contributed by atoms with E-state index in [1.54, 1.807) is 0 Å². The first-order chi connectivity index (χ1) is 10.1. The molecule has 118 valence electrons. The number of likely N-dealkylation sites (N-methyl/N-ethyl adjacent to an activating group) is 1. The second-order valence-electron chi connectivity index (χ2n) is 5.72. The molecule has 2 heterocycles. The summed E-state index contributed by atoms with van der Waals surface area (Å²) in [6.45, 7) is 6.38. The Morgan fingerprint density at radius 1 is 1.24 bits per heavy atom. The summed E-state index contributed by atoms with van der Waals surface area (Å²) >= 11 is 0. The summed E-state index contributed by atoms with van der Waals surface area (Å²) in [6.07, 6.45) is 4.57. The van der Waals surface area contributed by atoms with Crippen molar-refractivity contribution in [3.63, 3.8) is 0 Å². The number of carbonyl (C=O) groups is 1. The summed E-state index contributed by atoms with van der Waals surface area (Å²) < 4.78 is 1.89. The SMILES string of the molecule is CN1CCN(CCn2cc(CCCCC(=O)O)nn2)CC1. The van der Waals surface area contributed by atoms with Crippen LogP contribution in [0.5, 0.6) is 0 Å². The van der Waals surface area contributed by atoms with Gasteiger partial charge in [0.25, 0.3) is 0 Å². The van der Waals surface area contributed by atoms with Crippen molar-refractivity contribution >= 4 is 5.97 Å². The zero-order valence-corrected chi connectivity index (χ0v) is 12.7. The third-order valence-corrected chi connectivity index (χ3v) is 3.90. The molecular formula is C14H25N5O2. The Kier molecular flexibility index (Phi) is 6.13. The second-order valence-corrected chi connectivity index (χ2v) is 5.72. The highest BCUT2D eigenvalue weighted by Crippen LogP contribution is 2.04. The molecule has 1 fully saturated rings. The third-order valence-electron chi connectivity index (χ3n) is 3.90. The summed E-state index contributed by atoms with van der Waals surface area (Å²) in [5.74, 6) is -0.731. The Bertz CT molecular complexity index is 440. The first-order valence-corrected chi connectivity index (χ1v) is 7.65. The number of rotatable bonds is 8. The minimum atomic E-state index is -0.731. The van der Waals surface area contributed by atoms with E-state index in [0.29, 0.717) is 6.42 Å². The van der Waals surface area contributed by atoms with Crippen LogP contribution in [-0.2, 0) is 17.8 Å². The van der Waals surface area contributed by atoms with Crippen LogP contribution >= 0.6 is 0 Å². The Hall–Kier alpha value is -1.47. The van der Waals surface area contributed by atoms with Crippen molar-refractivity contribution in [3.8, 4) is 0 Å². The molecule has 0 bridgehead atoms. The van der Waals surface area contributed by atoms with Gasteiger partial charge in [0.1, 0.15) is 0 Å². The van der Waals surface area contributed by atoms with E-state index < -0.39 is 5.97 Å².